The summed E-state index contributed by atoms with van der Waals surface area (Å²) < 4.78 is 0. The highest BCUT2D eigenvalue weighted by Crippen LogP contribution is 2.42. The number of halogens is 1. The standard InChI is InChI=1S/C16H22ClNO/c17-13-5-3-12(4-6-13)16(11-1-2-11)18-14-7-9-15(19)10-8-14/h3-6,11,14-16,18-19H,1-2,7-10H2. The van der Waals surface area contributed by atoms with Crippen molar-refractivity contribution in [3.8, 4) is 0 Å². The molecule has 0 aliphatic heterocycles. The van der Waals surface area contributed by atoms with E-state index < -0.39 is 0 Å². The largest absolute Gasteiger partial charge is 0.393 e. The Bertz CT molecular complexity index is 407. The molecule has 0 amide bonds. The molecule has 2 saturated carbocycles. The van der Waals surface area contributed by atoms with Gasteiger partial charge >= 0.3 is 0 Å². The minimum absolute atomic E-state index is 0.0760. The lowest BCUT2D eigenvalue weighted by Crippen LogP contribution is -2.37. The summed E-state index contributed by atoms with van der Waals surface area (Å²) >= 11 is 5.97. The number of aliphatic hydroxyl groups excluding tert-OH is 1. The van der Waals surface area contributed by atoms with Crippen molar-refractivity contribution in [2.45, 2.75) is 56.7 Å². The van der Waals surface area contributed by atoms with Gasteiger partial charge in [-0.1, -0.05) is 23.7 Å². The SMILES string of the molecule is OC1CCC(NC(c2ccc(Cl)cc2)C2CC2)CC1. The molecule has 1 atom stereocenters. The molecule has 19 heavy (non-hydrogen) atoms. The smallest absolute Gasteiger partial charge is 0.0541 e. The number of aliphatic hydroxyl groups is 1. The molecule has 1 aromatic rings. The van der Waals surface area contributed by atoms with Crippen LogP contribution in [0.4, 0.5) is 0 Å². The summed E-state index contributed by atoms with van der Waals surface area (Å²) in [5, 5.41) is 14.2. The number of nitrogens with one attached hydrogen (secondary N) is 1. The van der Waals surface area contributed by atoms with Crippen molar-refractivity contribution in [3.05, 3.63) is 34.9 Å². The lowest BCUT2D eigenvalue weighted by atomic mass is 9.91. The molecule has 2 aliphatic carbocycles. The van der Waals surface area contributed by atoms with E-state index in [2.05, 4.69) is 17.4 Å². The molecule has 1 aromatic carbocycles. The number of rotatable bonds is 4. The van der Waals surface area contributed by atoms with Crippen molar-refractivity contribution in [3.63, 3.8) is 0 Å². The molecular formula is C16H22ClNO. The number of hydrogen-bond acceptors (Lipinski definition) is 2. The highest BCUT2D eigenvalue weighted by atomic mass is 35.5. The maximum absolute atomic E-state index is 9.59. The van der Waals surface area contributed by atoms with E-state index in [1.54, 1.807) is 0 Å². The van der Waals surface area contributed by atoms with Crippen LogP contribution in [-0.2, 0) is 0 Å². The molecule has 3 heteroatoms. The number of hydrogen-bond donors (Lipinski definition) is 2. The third kappa shape index (κ3) is 3.50. The molecule has 2 nitrogen and oxygen atoms in total. The van der Waals surface area contributed by atoms with E-state index >= 15 is 0 Å². The summed E-state index contributed by atoms with van der Waals surface area (Å²) in [7, 11) is 0. The third-order valence-electron chi connectivity index (χ3n) is 4.43. The Kier molecular flexibility index (Phi) is 4.11. The Labute approximate surface area is 120 Å². The minimum Gasteiger partial charge on any atom is -0.393 e. The first-order valence-electron chi connectivity index (χ1n) is 7.42. The second-order valence-electron chi connectivity index (χ2n) is 6.04. The monoisotopic (exact) mass is 279 g/mol. The zero-order chi connectivity index (χ0) is 13.2. The van der Waals surface area contributed by atoms with Crippen molar-refractivity contribution >= 4 is 11.6 Å². The molecule has 104 valence electrons. The second kappa shape index (κ2) is 5.82. The molecule has 2 N–H and O–H groups in total. The maximum Gasteiger partial charge on any atom is 0.0541 e. The fraction of sp³-hybridized carbons (Fsp3) is 0.625. The molecule has 2 fully saturated rings. The summed E-state index contributed by atoms with van der Waals surface area (Å²) in [5.41, 5.74) is 1.36. The second-order valence-corrected chi connectivity index (χ2v) is 6.48. The topological polar surface area (TPSA) is 32.3 Å². The highest BCUT2D eigenvalue weighted by molar-refractivity contribution is 6.30. The van der Waals surface area contributed by atoms with E-state index in [0.29, 0.717) is 12.1 Å². The lowest BCUT2D eigenvalue weighted by molar-refractivity contribution is 0.113. The molecule has 0 saturated heterocycles. The maximum atomic E-state index is 9.59. The molecule has 0 radical (unpaired) electrons. The molecule has 0 aromatic heterocycles. The molecular weight excluding hydrogens is 258 g/mol. The fourth-order valence-corrected chi connectivity index (χ4v) is 3.23. The van der Waals surface area contributed by atoms with E-state index in [-0.39, 0.29) is 6.10 Å². The van der Waals surface area contributed by atoms with Gasteiger partial charge in [-0.3, -0.25) is 0 Å². The first kappa shape index (κ1) is 13.4. The van der Waals surface area contributed by atoms with Crippen LogP contribution in [0.2, 0.25) is 5.02 Å². The predicted molar refractivity (Wildman–Crippen MR) is 78.3 cm³/mol. The summed E-state index contributed by atoms with van der Waals surface area (Å²) in [6.07, 6.45) is 6.65. The van der Waals surface area contributed by atoms with Crippen molar-refractivity contribution in [2.24, 2.45) is 5.92 Å². The Balaban J connectivity index is 1.66. The van der Waals surface area contributed by atoms with Crippen LogP contribution in [-0.4, -0.2) is 17.3 Å². The molecule has 0 spiro atoms. The Morgan fingerprint density at radius 1 is 1.00 bits per heavy atom. The van der Waals surface area contributed by atoms with Crippen LogP contribution in [0, 0.1) is 5.92 Å². The van der Waals surface area contributed by atoms with E-state index in [1.165, 1.54) is 18.4 Å². The quantitative estimate of drug-likeness (QED) is 0.881. The van der Waals surface area contributed by atoms with Gasteiger partial charge in [0.1, 0.15) is 0 Å². The summed E-state index contributed by atoms with van der Waals surface area (Å²) in [4.78, 5) is 0. The van der Waals surface area contributed by atoms with Crippen LogP contribution in [0.5, 0.6) is 0 Å². The van der Waals surface area contributed by atoms with Gasteiger partial charge in [-0.15, -0.1) is 0 Å². The minimum atomic E-state index is -0.0760. The molecule has 0 bridgehead atoms. The van der Waals surface area contributed by atoms with Crippen LogP contribution in [0.3, 0.4) is 0 Å². The van der Waals surface area contributed by atoms with Crippen molar-refractivity contribution in [1.29, 1.82) is 0 Å². The van der Waals surface area contributed by atoms with Crippen molar-refractivity contribution in [2.75, 3.05) is 0 Å². The van der Waals surface area contributed by atoms with Crippen LogP contribution < -0.4 is 5.32 Å². The van der Waals surface area contributed by atoms with Crippen LogP contribution >= 0.6 is 11.6 Å². The van der Waals surface area contributed by atoms with Crippen LogP contribution in [0.1, 0.15) is 50.1 Å². The Hall–Kier alpha value is -0.570. The first-order valence-corrected chi connectivity index (χ1v) is 7.80. The highest BCUT2D eigenvalue weighted by Gasteiger charge is 2.34. The van der Waals surface area contributed by atoms with Gasteiger partial charge in [-0.05, 0) is 62.1 Å². The first-order chi connectivity index (χ1) is 9.22. The average Bonchev–Trinajstić information content (AvgIpc) is 3.24. The predicted octanol–water partition coefficient (Wildman–Crippen LogP) is 3.68. The zero-order valence-corrected chi connectivity index (χ0v) is 11.9. The summed E-state index contributed by atoms with van der Waals surface area (Å²) in [6, 6.07) is 9.30. The molecule has 0 heterocycles. The van der Waals surface area contributed by atoms with Crippen LogP contribution in [0.25, 0.3) is 0 Å². The van der Waals surface area contributed by atoms with Crippen LogP contribution in [0.15, 0.2) is 24.3 Å². The Morgan fingerprint density at radius 2 is 1.63 bits per heavy atom. The molecule has 1 unspecified atom stereocenters. The van der Waals surface area contributed by atoms with Gasteiger partial charge < -0.3 is 10.4 Å². The van der Waals surface area contributed by atoms with Gasteiger partial charge in [-0.2, -0.15) is 0 Å². The van der Waals surface area contributed by atoms with Crippen molar-refractivity contribution < 1.29 is 5.11 Å². The zero-order valence-electron chi connectivity index (χ0n) is 11.2. The van der Waals surface area contributed by atoms with Gasteiger partial charge in [0.05, 0.1) is 6.10 Å². The molecule has 2 aliphatic rings. The van der Waals surface area contributed by atoms with Gasteiger partial charge in [0.2, 0.25) is 0 Å². The third-order valence-corrected chi connectivity index (χ3v) is 4.69. The van der Waals surface area contributed by atoms with Gasteiger partial charge in [0, 0.05) is 17.1 Å². The normalized spacial score (nSPS) is 29.2. The summed E-state index contributed by atoms with van der Waals surface area (Å²) in [5.74, 6) is 0.785. The van der Waals surface area contributed by atoms with Crippen molar-refractivity contribution in [1.82, 2.24) is 5.32 Å². The van der Waals surface area contributed by atoms with E-state index in [0.717, 1.165) is 36.6 Å². The van der Waals surface area contributed by atoms with E-state index in [9.17, 15) is 5.11 Å². The van der Waals surface area contributed by atoms with Gasteiger partial charge in [0.25, 0.3) is 0 Å². The summed E-state index contributed by atoms with van der Waals surface area (Å²) in [6.45, 7) is 0. The lowest BCUT2D eigenvalue weighted by Gasteiger charge is -2.31. The van der Waals surface area contributed by atoms with Gasteiger partial charge in [0.15, 0.2) is 0 Å². The van der Waals surface area contributed by atoms with E-state index in [4.69, 9.17) is 11.6 Å². The number of benzene rings is 1. The molecule has 3 rings (SSSR count). The fourth-order valence-electron chi connectivity index (χ4n) is 3.10. The average molecular weight is 280 g/mol. The Morgan fingerprint density at radius 3 is 2.21 bits per heavy atom. The van der Waals surface area contributed by atoms with E-state index in [1.807, 2.05) is 12.1 Å². The van der Waals surface area contributed by atoms with Gasteiger partial charge in [-0.25, -0.2) is 0 Å².